The van der Waals surface area contributed by atoms with Gasteiger partial charge in [0.2, 0.25) is 0 Å². The fourth-order valence-corrected chi connectivity index (χ4v) is 3.86. The summed E-state index contributed by atoms with van der Waals surface area (Å²) in [4.78, 5) is 15.5. The number of aliphatic carboxylic acids is 1. The number of carboxylic acid groups (broad SMARTS) is 1. The van der Waals surface area contributed by atoms with Crippen LogP contribution >= 0.6 is 11.6 Å². The maximum absolute atomic E-state index is 11.2. The van der Waals surface area contributed by atoms with Crippen molar-refractivity contribution in [1.29, 1.82) is 0 Å². The van der Waals surface area contributed by atoms with E-state index in [4.69, 9.17) is 11.6 Å². The molecule has 4 nitrogen and oxygen atoms in total. The molecule has 1 aliphatic carbocycles. The number of hydrogen-bond acceptors (Lipinski definition) is 2. The SMILES string of the molecule is O=C(O)[C@H]1CC[C@@H](n2cncc2-c2ccc(-c3ccc(Cl)cc3)cc2)C1. The number of imidazole rings is 1. The van der Waals surface area contributed by atoms with Gasteiger partial charge in [0.1, 0.15) is 0 Å². The average molecular weight is 367 g/mol. The van der Waals surface area contributed by atoms with E-state index < -0.39 is 5.97 Å². The molecular formula is C21H19ClN2O2. The first-order chi connectivity index (χ1) is 12.6. The summed E-state index contributed by atoms with van der Waals surface area (Å²) in [5.74, 6) is -0.941. The van der Waals surface area contributed by atoms with Gasteiger partial charge in [-0.2, -0.15) is 0 Å². The van der Waals surface area contributed by atoms with E-state index in [1.165, 1.54) is 0 Å². The van der Waals surface area contributed by atoms with Gasteiger partial charge >= 0.3 is 5.97 Å². The lowest BCUT2D eigenvalue weighted by Gasteiger charge is -2.16. The molecule has 0 spiro atoms. The molecule has 0 amide bonds. The summed E-state index contributed by atoms with van der Waals surface area (Å²) < 4.78 is 2.13. The molecule has 2 aromatic carbocycles. The lowest BCUT2D eigenvalue weighted by Crippen LogP contribution is -2.11. The van der Waals surface area contributed by atoms with Crippen molar-refractivity contribution >= 4 is 17.6 Å². The van der Waals surface area contributed by atoms with Crippen molar-refractivity contribution in [2.24, 2.45) is 5.92 Å². The largest absolute Gasteiger partial charge is 0.481 e. The highest BCUT2D eigenvalue weighted by atomic mass is 35.5. The summed E-state index contributed by atoms with van der Waals surface area (Å²) >= 11 is 5.95. The Morgan fingerprint density at radius 2 is 1.62 bits per heavy atom. The molecule has 4 rings (SSSR count). The minimum Gasteiger partial charge on any atom is -0.481 e. The Kier molecular flexibility index (Phi) is 4.51. The Hall–Kier alpha value is -2.59. The average Bonchev–Trinajstić information content (AvgIpc) is 3.32. The predicted molar refractivity (Wildman–Crippen MR) is 102 cm³/mol. The predicted octanol–water partition coefficient (Wildman–Crippen LogP) is 5.30. The normalized spacial score (nSPS) is 19.6. The van der Waals surface area contributed by atoms with Gasteiger partial charge in [0.25, 0.3) is 0 Å². The van der Waals surface area contributed by atoms with E-state index in [1.54, 1.807) is 0 Å². The topological polar surface area (TPSA) is 55.1 Å². The summed E-state index contributed by atoms with van der Waals surface area (Å²) in [6.45, 7) is 0. The minimum atomic E-state index is -0.693. The van der Waals surface area contributed by atoms with Crippen molar-refractivity contribution in [3.05, 3.63) is 66.1 Å². The first-order valence-corrected chi connectivity index (χ1v) is 9.10. The molecule has 5 heteroatoms. The van der Waals surface area contributed by atoms with Gasteiger partial charge in [-0.25, -0.2) is 4.98 Å². The third-order valence-electron chi connectivity index (χ3n) is 5.17. The van der Waals surface area contributed by atoms with E-state index in [-0.39, 0.29) is 12.0 Å². The second-order valence-electron chi connectivity index (χ2n) is 6.77. The van der Waals surface area contributed by atoms with Gasteiger partial charge < -0.3 is 9.67 Å². The molecule has 0 radical (unpaired) electrons. The molecule has 26 heavy (non-hydrogen) atoms. The number of halogens is 1. The number of hydrogen-bond donors (Lipinski definition) is 1. The monoisotopic (exact) mass is 366 g/mol. The molecule has 1 fully saturated rings. The summed E-state index contributed by atoms with van der Waals surface area (Å²) in [5.41, 5.74) is 4.36. The molecule has 0 unspecified atom stereocenters. The quantitative estimate of drug-likeness (QED) is 0.682. The highest BCUT2D eigenvalue weighted by Crippen LogP contribution is 2.37. The van der Waals surface area contributed by atoms with Crippen LogP contribution in [0.4, 0.5) is 0 Å². The Balaban J connectivity index is 1.58. The molecule has 1 aromatic heterocycles. The van der Waals surface area contributed by atoms with Gasteiger partial charge in [-0.15, -0.1) is 0 Å². The van der Waals surface area contributed by atoms with Crippen molar-refractivity contribution in [3.63, 3.8) is 0 Å². The number of benzene rings is 2. The summed E-state index contributed by atoms with van der Waals surface area (Å²) in [6, 6.07) is 16.3. The van der Waals surface area contributed by atoms with Crippen molar-refractivity contribution in [2.45, 2.75) is 25.3 Å². The van der Waals surface area contributed by atoms with E-state index in [0.29, 0.717) is 6.42 Å². The molecule has 1 saturated carbocycles. The van der Waals surface area contributed by atoms with Gasteiger partial charge in [0, 0.05) is 11.1 Å². The Morgan fingerprint density at radius 3 is 2.23 bits per heavy atom. The van der Waals surface area contributed by atoms with Crippen molar-refractivity contribution < 1.29 is 9.90 Å². The maximum Gasteiger partial charge on any atom is 0.306 e. The molecule has 0 saturated heterocycles. The van der Waals surface area contributed by atoms with Crippen LogP contribution in [0.25, 0.3) is 22.4 Å². The standard InChI is InChI=1S/C21H19ClN2O2/c22-18-8-5-15(6-9-18)14-1-3-16(4-2-14)20-12-23-13-24(20)19-10-7-17(11-19)21(25)26/h1-6,8-9,12-13,17,19H,7,10-11H2,(H,25,26)/t17-,19+/m0/s1. The molecule has 132 valence electrons. The van der Waals surface area contributed by atoms with E-state index in [0.717, 1.165) is 40.2 Å². The Bertz CT molecular complexity index is 916. The molecular weight excluding hydrogens is 348 g/mol. The zero-order valence-electron chi connectivity index (χ0n) is 14.2. The van der Waals surface area contributed by atoms with Crippen molar-refractivity contribution in [2.75, 3.05) is 0 Å². The van der Waals surface area contributed by atoms with Crippen molar-refractivity contribution in [1.82, 2.24) is 9.55 Å². The van der Waals surface area contributed by atoms with E-state index >= 15 is 0 Å². The lowest BCUT2D eigenvalue weighted by molar-refractivity contribution is -0.141. The fourth-order valence-electron chi connectivity index (χ4n) is 3.73. The second-order valence-corrected chi connectivity index (χ2v) is 7.21. The summed E-state index contributed by atoms with van der Waals surface area (Å²) in [7, 11) is 0. The van der Waals surface area contributed by atoms with Crippen LogP contribution in [0.3, 0.4) is 0 Å². The van der Waals surface area contributed by atoms with Gasteiger partial charge in [0.15, 0.2) is 0 Å². The number of carboxylic acids is 1. The highest BCUT2D eigenvalue weighted by Gasteiger charge is 2.31. The fraction of sp³-hybridized carbons (Fsp3) is 0.238. The second kappa shape index (κ2) is 6.96. The highest BCUT2D eigenvalue weighted by molar-refractivity contribution is 6.30. The third kappa shape index (κ3) is 3.25. The van der Waals surface area contributed by atoms with Crippen LogP contribution in [0, 0.1) is 5.92 Å². The van der Waals surface area contributed by atoms with Crippen LogP contribution in [0.15, 0.2) is 61.1 Å². The van der Waals surface area contributed by atoms with Gasteiger partial charge in [-0.3, -0.25) is 4.79 Å². The van der Waals surface area contributed by atoms with Crippen LogP contribution in [0.1, 0.15) is 25.3 Å². The number of rotatable bonds is 4. The summed E-state index contributed by atoms with van der Waals surface area (Å²) in [5, 5.41) is 9.96. The number of carbonyl (C=O) groups is 1. The molecule has 0 aliphatic heterocycles. The van der Waals surface area contributed by atoms with Crippen LogP contribution < -0.4 is 0 Å². The smallest absolute Gasteiger partial charge is 0.306 e. The number of aromatic nitrogens is 2. The third-order valence-corrected chi connectivity index (χ3v) is 5.42. The molecule has 1 heterocycles. The van der Waals surface area contributed by atoms with Gasteiger partial charge in [-0.05, 0) is 48.1 Å². The summed E-state index contributed by atoms with van der Waals surface area (Å²) in [6.07, 6.45) is 5.95. The first-order valence-electron chi connectivity index (χ1n) is 8.73. The lowest BCUT2D eigenvalue weighted by atomic mass is 10.0. The maximum atomic E-state index is 11.2. The molecule has 1 N–H and O–H groups in total. The van der Waals surface area contributed by atoms with Crippen LogP contribution in [0.2, 0.25) is 5.02 Å². The van der Waals surface area contributed by atoms with Crippen LogP contribution in [-0.2, 0) is 4.79 Å². The molecule has 0 bridgehead atoms. The van der Waals surface area contributed by atoms with E-state index in [9.17, 15) is 9.90 Å². The Morgan fingerprint density at radius 1 is 1.00 bits per heavy atom. The van der Waals surface area contributed by atoms with Crippen LogP contribution in [0.5, 0.6) is 0 Å². The first kappa shape index (κ1) is 16.9. The zero-order valence-corrected chi connectivity index (χ0v) is 14.9. The molecule has 2 atom stereocenters. The van der Waals surface area contributed by atoms with Crippen LogP contribution in [-0.4, -0.2) is 20.6 Å². The van der Waals surface area contributed by atoms with Gasteiger partial charge in [0.05, 0.1) is 24.1 Å². The molecule has 3 aromatic rings. The zero-order chi connectivity index (χ0) is 18.1. The number of nitrogens with zero attached hydrogens (tertiary/aromatic N) is 2. The Labute approximate surface area is 157 Å². The molecule has 1 aliphatic rings. The van der Waals surface area contributed by atoms with E-state index in [2.05, 4.69) is 33.8 Å². The minimum absolute atomic E-state index is 0.199. The van der Waals surface area contributed by atoms with Crippen molar-refractivity contribution in [3.8, 4) is 22.4 Å². The van der Waals surface area contributed by atoms with Gasteiger partial charge in [-0.1, -0.05) is 48.0 Å². The van der Waals surface area contributed by atoms with E-state index in [1.807, 2.05) is 36.8 Å².